The number of halogens is 4. The molecule has 0 aliphatic heterocycles. The average Bonchev–Trinajstić information content (AvgIpc) is 3.19. The fraction of sp³-hybridized carbons (Fsp3) is 0.222. The highest BCUT2D eigenvalue weighted by atomic mass is 35.5. The Morgan fingerprint density at radius 1 is 1.23 bits per heavy atom. The van der Waals surface area contributed by atoms with Gasteiger partial charge in [0.05, 0.1) is 12.2 Å². The van der Waals surface area contributed by atoms with Crippen molar-refractivity contribution in [3.63, 3.8) is 0 Å². The smallest absolute Gasteiger partial charge is 0.406 e. The van der Waals surface area contributed by atoms with Gasteiger partial charge in [-0.05, 0) is 48.9 Å². The number of nitrogens with zero attached hydrogens (tertiary/aromatic N) is 7. The summed E-state index contributed by atoms with van der Waals surface area (Å²) in [5.74, 6) is 0.579. The van der Waals surface area contributed by atoms with E-state index in [0.717, 1.165) is 12.1 Å². The van der Waals surface area contributed by atoms with Gasteiger partial charge in [0.1, 0.15) is 18.1 Å². The molecule has 0 spiro atoms. The van der Waals surface area contributed by atoms with Crippen molar-refractivity contribution in [2.45, 2.75) is 26.4 Å². The molecule has 162 valence electrons. The van der Waals surface area contributed by atoms with Crippen molar-refractivity contribution in [1.29, 1.82) is 0 Å². The van der Waals surface area contributed by atoms with E-state index in [-0.39, 0.29) is 35.8 Å². The Balaban J connectivity index is 1.64. The number of alkyl halides is 3. The van der Waals surface area contributed by atoms with Crippen molar-refractivity contribution >= 4 is 24.2 Å². The van der Waals surface area contributed by atoms with Crippen LogP contribution in [0.15, 0.2) is 51.1 Å². The SMILES string of the molecule is C=NN(Cc1ccnc(Cl)n1)C(C)=NCc1nc(-c2ccc(OC(F)(F)F)cc2)no1. The average molecular weight is 454 g/mol. The Bertz CT molecular complexity index is 1070. The summed E-state index contributed by atoms with van der Waals surface area (Å²) in [6, 6.07) is 6.79. The minimum absolute atomic E-state index is 0.0602. The van der Waals surface area contributed by atoms with E-state index in [9.17, 15) is 13.2 Å². The van der Waals surface area contributed by atoms with Crippen LogP contribution in [0.25, 0.3) is 11.4 Å². The first-order valence-electron chi connectivity index (χ1n) is 8.65. The lowest BCUT2D eigenvalue weighted by Crippen LogP contribution is -2.23. The molecule has 0 N–H and O–H groups in total. The number of aromatic nitrogens is 4. The first-order valence-corrected chi connectivity index (χ1v) is 9.03. The molecule has 2 heterocycles. The third kappa shape index (κ3) is 6.47. The number of aliphatic imine (C=N–C) groups is 1. The largest absolute Gasteiger partial charge is 0.573 e. The Morgan fingerprint density at radius 2 is 1.97 bits per heavy atom. The van der Waals surface area contributed by atoms with E-state index in [0.29, 0.717) is 17.1 Å². The van der Waals surface area contributed by atoms with Gasteiger partial charge in [-0.3, -0.25) is 4.99 Å². The van der Waals surface area contributed by atoms with Crippen LogP contribution in [-0.2, 0) is 13.1 Å². The zero-order valence-corrected chi connectivity index (χ0v) is 16.8. The van der Waals surface area contributed by atoms with Gasteiger partial charge in [0.15, 0.2) is 0 Å². The van der Waals surface area contributed by atoms with Gasteiger partial charge in [0, 0.05) is 18.5 Å². The van der Waals surface area contributed by atoms with Crippen LogP contribution in [0, 0.1) is 0 Å². The van der Waals surface area contributed by atoms with Gasteiger partial charge in [0.2, 0.25) is 17.0 Å². The molecule has 0 fully saturated rings. The molecule has 13 heteroatoms. The molecule has 2 aromatic heterocycles. The third-order valence-corrected chi connectivity index (χ3v) is 3.98. The lowest BCUT2D eigenvalue weighted by Gasteiger charge is -2.17. The second-order valence-electron chi connectivity index (χ2n) is 5.96. The topological polar surface area (TPSA) is 102 Å². The zero-order valence-electron chi connectivity index (χ0n) is 16.0. The van der Waals surface area contributed by atoms with E-state index in [1.54, 1.807) is 13.0 Å². The van der Waals surface area contributed by atoms with Gasteiger partial charge in [0.25, 0.3) is 0 Å². The minimum Gasteiger partial charge on any atom is -0.406 e. The van der Waals surface area contributed by atoms with Gasteiger partial charge in [-0.15, -0.1) is 13.2 Å². The molecule has 3 rings (SSSR count). The molecule has 0 aliphatic rings. The highest BCUT2D eigenvalue weighted by Crippen LogP contribution is 2.25. The van der Waals surface area contributed by atoms with Crippen molar-refractivity contribution in [1.82, 2.24) is 25.1 Å². The summed E-state index contributed by atoms with van der Waals surface area (Å²) in [5.41, 5.74) is 1.08. The monoisotopic (exact) mass is 453 g/mol. The highest BCUT2D eigenvalue weighted by molar-refractivity contribution is 6.28. The van der Waals surface area contributed by atoms with E-state index < -0.39 is 6.36 Å². The zero-order chi connectivity index (χ0) is 22.4. The van der Waals surface area contributed by atoms with Crippen molar-refractivity contribution < 1.29 is 22.4 Å². The number of hydrogen-bond donors (Lipinski definition) is 0. The maximum absolute atomic E-state index is 12.2. The van der Waals surface area contributed by atoms with Crippen LogP contribution in [-0.4, -0.2) is 44.0 Å². The molecule has 1 aromatic carbocycles. The Morgan fingerprint density at radius 3 is 2.61 bits per heavy atom. The maximum Gasteiger partial charge on any atom is 0.573 e. The van der Waals surface area contributed by atoms with Crippen LogP contribution in [0.5, 0.6) is 5.75 Å². The lowest BCUT2D eigenvalue weighted by atomic mass is 10.2. The van der Waals surface area contributed by atoms with Crippen molar-refractivity contribution in [2.24, 2.45) is 10.1 Å². The molecule has 0 saturated carbocycles. The molecule has 0 saturated heterocycles. The van der Waals surface area contributed by atoms with Gasteiger partial charge >= 0.3 is 6.36 Å². The molecular weight excluding hydrogens is 439 g/mol. The van der Waals surface area contributed by atoms with E-state index in [1.807, 2.05) is 0 Å². The second-order valence-corrected chi connectivity index (χ2v) is 6.30. The van der Waals surface area contributed by atoms with Gasteiger partial charge in [-0.2, -0.15) is 10.1 Å². The molecule has 0 atom stereocenters. The lowest BCUT2D eigenvalue weighted by molar-refractivity contribution is -0.274. The fourth-order valence-electron chi connectivity index (χ4n) is 2.38. The van der Waals surface area contributed by atoms with Crippen LogP contribution in [0.2, 0.25) is 5.28 Å². The van der Waals surface area contributed by atoms with Crippen LogP contribution in [0.4, 0.5) is 13.2 Å². The number of hydrazone groups is 1. The van der Waals surface area contributed by atoms with Crippen molar-refractivity contribution in [3.8, 4) is 17.1 Å². The molecule has 0 bridgehead atoms. The summed E-state index contributed by atoms with van der Waals surface area (Å²) in [7, 11) is 0. The predicted molar refractivity (Wildman–Crippen MR) is 105 cm³/mol. The number of amidine groups is 1. The predicted octanol–water partition coefficient (Wildman–Crippen LogP) is 4.11. The molecule has 31 heavy (non-hydrogen) atoms. The normalized spacial score (nSPS) is 12.0. The molecule has 0 unspecified atom stereocenters. The van der Waals surface area contributed by atoms with Crippen LogP contribution >= 0.6 is 11.6 Å². The Hall–Kier alpha value is -3.54. The summed E-state index contributed by atoms with van der Waals surface area (Å²) in [6.45, 7) is 5.57. The van der Waals surface area contributed by atoms with Gasteiger partial charge in [-0.1, -0.05) is 5.16 Å². The summed E-state index contributed by atoms with van der Waals surface area (Å²) >= 11 is 5.78. The third-order valence-electron chi connectivity index (χ3n) is 3.80. The minimum atomic E-state index is -4.76. The number of hydrogen-bond acceptors (Lipinski definition) is 8. The summed E-state index contributed by atoms with van der Waals surface area (Å²) in [4.78, 5) is 16.4. The van der Waals surface area contributed by atoms with Crippen molar-refractivity contribution in [2.75, 3.05) is 0 Å². The molecular formula is C18H15ClF3N7O2. The number of benzene rings is 1. The summed E-state index contributed by atoms with van der Waals surface area (Å²) in [5, 5.41) is 9.34. The van der Waals surface area contributed by atoms with Gasteiger partial charge in [-0.25, -0.2) is 15.0 Å². The van der Waals surface area contributed by atoms with E-state index >= 15 is 0 Å². The maximum atomic E-state index is 12.2. The van der Waals surface area contributed by atoms with Crippen LogP contribution in [0.3, 0.4) is 0 Å². The fourth-order valence-corrected chi connectivity index (χ4v) is 2.55. The van der Waals surface area contributed by atoms with E-state index in [2.05, 4.69) is 41.7 Å². The number of rotatable bonds is 7. The molecule has 0 aliphatic carbocycles. The van der Waals surface area contributed by atoms with Crippen LogP contribution < -0.4 is 4.74 Å². The quantitative estimate of drug-likeness (QED) is 0.229. The van der Waals surface area contributed by atoms with Gasteiger partial charge < -0.3 is 9.26 Å². The van der Waals surface area contributed by atoms with E-state index in [4.69, 9.17) is 16.1 Å². The second kappa shape index (κ2) is 9.51. The summed E-state index contributed by atoms with van der Waals surface area (Å²) < 4.78 is 45.7. The Kier molecular flexibility index (Phi) is 6.80. The van der Waals surface area contributed by atoms with Crippen molar-refractivity contribution in [3.05, 3.63) is 53.4 Å². The Labute approximate surface area is 179 Å². The molecule has 9 nitrogen and oxygen atoms in total. The molecule has 0 radical (unpaired) electrons. The molecule has 3 aromatic rings. The molecule has 0 amide bonds. The summed E-state index contributed by atoms with van der Waals surface area (Å²) in [6.07, 6.45) is -3.23. The highest BCUT2D eigenvalue weighted by Gasteiger charge is 2.31. The van der Waals surface area contributed by atoms with Crippen LogP contribution in [0.1, 0.15) is 18.5 Å². The van der Waals surface area contributed by atoms with E-state index in [1.165, 1.54) is 23.3 Å². The standard InChI is InChI=1S/C18H15ClF3N7O2/c1-11(29(23-2)10-13-7-8-24-17(19)26-13)25-9-15-27-16(28-31-15)12-3-5-14(6-4-12)30-18(20,21)22/h3-8H,2,9-10H2,1H3. The first-order chi connectivity index (χ1) is 14.7. The first kappa shape index (κ1) is 22.2. The number of ether oxygens (including phenoxy) is 1.